The molecule has 3 N–H and O–H groups in total. The van der Waals surface area contributed by atoms with Gasteiger partial charge in [0.2, 0.25) is 5.91 Å². The summed E-state index contributed by atoms with van der Waals surface area (Å²) in [6.07, 6.45) is 2.10. The number of para-hydroxylation sites is 1. The van der Waals surface area contributed by atoms with Crippen molar-refractivity contribution in [3.63, 3.8) is 0 Å². The summed E-state index contributed by atoms with van der Waals surface area (Å²) in [7, 11) is 1.64. The molecule has 1 aromatic heterocycles. The average Bonchev–Trinajstić information content (AvgIpc) is 2.95. The van der Waals surface area contributed by atoms with Gasteiger partial charge in [0, 0.05) is 18.9 Å². The van der Waals surface area contributed by atoms with Crippen molar-refractivity contribution in [2.75, 3.05) is 12.4 Å². The van der Waals surface area contributed by atoms with Crippen LogP contribution in [0.5, 0.6) is 0 Å². The van der Waals surface area contributed by atoms with Crippen molar-refractivity contribution in [2.24, 2.45) is 0 Å². The Balaban J connectivity index is 2.13. The number of aromatic nitrogens is 2. The third kappa shape index (κ3) is 3.34. The molecule has 0 aliphatic carbocycles. The Morgan fingerprint density at radius 3 is 2.84 bits per heavy atom. The van der Waals surface area contributed by atoms with Crippen LogP contribution in [0.25, 0.3) is 0 Å². The first-order valence-electron chi connectivity index (χ1n) is 6.25. The van der Waals surface area contributed by atoms with Gasteiger partial charge < -0.3 is 10.6 Å². The van der Waals surface area contributed by atoms with Gasteiger partial charge in [0.15, 0.2) is 0 Å². The maximum absolute atomic E-state index is 11.5. The lowest BCUT2D eigenvalue weighted by Gasteiger charge is -2.16. The van der Waals surface area contributed by atoms with E-state index in [4.69, 9.17) is 0 Å². The average molecular weight is 258 g/mol. The molecule has 5 nitrogen and oxygen atoms in total. The lowest BCUT2D eigenvalue weighted by atomic mass is 10.1. The molecule has 0 radical (unpaired) electrons. The highest BCUT2D eigenvalue weighted by Crippen LogP contribution is 2.21. The van der Waals surface area contributed by atoms with Crippen molar-refractivity contribution in [1.29, 1.82) is 0 Å². The monoisotopic (exact) mass is 258 g/mol. The molecule has 1 atom stereocenters. The zero-order valence-electron chi connectivity index (χ0n) is 11.1. The highest BCUT2D eigenvalue weighted by molar-refractivity contribution is 5.80. The van der Waals surface area contributed by atoms with Crippen molar-refractivity contribution < 1.29 is 4.79 Å². The molecule has 0 aliphatic rings. The van der Waals surface area contributed by atoms with Gasteiger partial charge in [0.25, 0.3) is 0 Å². The fourth-order valence-electron chi connectivity index (χ4n) is 1.90. The quantitative estimate of drug-likeness (QED) is 0.766. The van der Waals surface area contributed by atoms with Crippen LogP contribution in [0, 0.1) is 0 Å². The molecular weight excluding hydrogens is 240 g/mol. The van der Waals surface area contributed by atoms with E-state index >= 15 is 0 Å². The fraction of sp³-hybridized carbons (Fsp3) is 0.286. The fourth-order valence-corrected chi connectivity index (χ4v) is 1.90. The molecule has 5 heteroatoms. The highest BCUT2D eigenvalue weighted by atomic mass is 16.1. The Labute approximate surface area is 112 Å². The standard InChI is InChI=1S/C14H18N4O/c1-10(12-7-8-16-18-12)17-13-6-4-3-5-11(13)9-14(19)15-2/h3-8,10,17H,9H2,1-2H3,(H,15,19)(H,16,18). The second kappa shape index (κ2) is 6.04. The predicted molar refractivity (Wildman–Crippen MR) is 74.8 cm³/mol. The van der Waals surface area contributed by atoms with E-state index in [-0.39, 0.29) is 11.9 Å². The number of nitrogens with one attached hydrogen (secondary N) is 3. The van der Waals surface area contributed by atoms with Gasteiger partial charge in [-0.05, 0) is 24.6 Å². The molecular formula is C14H18N4O. The lowest BCUT2D eigenvalue weighted by Crippen LogP contribution is -2.21. The van der Waals surface area contributed by atoms with Crippen LogP contribution in [0.3, 0.4) is 0 Å². The summed E-state index contributed by atoms with van der Waals surface area (Å²) >= 11 is 0. The predicted octanol–water partition coefficient (Wildman–Crippen LogP) is 1.87. The van der Waals surface area contributed by atoms with Crippen molar-refractivity contribution >= 4 is 11.6 Å². The van der Waals surface area contributed by atoms with E-state index in [1.807, 2.05) is 37.3 Å². The Morgan fingerprint density at radius 1 is 1.37 bits per heavy atom. The first-order chi connectivity index (χ1) is 9.20. The van der Waals surface area contributed by atoms with Crippen LogP contribution in [0.2, 0.25) is 0 Å². The molecule has 0 aliphatic heterocycles. The van der Waals surface area contributed by atoms with Crippen molar-refractivity contribution in [3.05, 3.63) is 47.8 Å². The number of aromatic amines is 1. The smallest absolute Gasteiger partial charge is 0.224 e. The van der Waals surface area contributed by atoms with E-state index in [0.717, 1.165) is 16.9 Å². The molecule has 100 valence electrons. The van der Waals surface area contributed by atoms with E-state index in [9.17, 15) is 4.79 Å². The van der Waals surface area contributed by atoms with Gasteiger partial charge in [0.05, 0.1) is 18.2 Å². The number of rotatable bonds is 5. The maximum atomic E-state index is 11.5. The van der Waals surface area contributed by atoms with Crippen molar-refractivity contribution in [1.82, 2.24) is 15.5 Å². The number of benzene rings is 1. The number of carbonyl (C=O) groups is 1. The van der Waals surface area contributed by atoms with Gasteiger partial charge in [-0.1, -0.05) is 18.2 Å². The zero-order chi connectivity index (χ0) is 13.7. The number of amides is 1. The van der Waals surface area contributed by atoms with Gasteiger partial charge in [-0.3, -0.25) is 9.89 Å². The van der Waals surface area contributed by atoms with E-state index in [1.54, 1.807) is 13.2 Å². The Bertz CT molecular complexity index is 536. The second-order valence-corrected chi connectivity index (χ2v) is 4.39. The van der Waals surface area contributed by atoms with Crippen molar-refractivity contribution in [3.8, 4) is 0 Å². The highest BCUT2D eigenvalue weighted by Gasteiger charge is 2.10. The summed E-state index contributed by atoms with van der Waals surface area (Å²) in [6, 6.07) is 9.86. The summed E-state index contributed by atoms with van der Waals surface area (Å²) < 4.78 is 0. The van der Waals surface area contributed by atoms with Crippen LogP contribution in [0.1, 0.15) is 24.2 Å². The number of anilines is 1. The maximum Gasteiger partial charge on any atom is 0.224 e. The Morgan fingerprint density at radius 2 is 2.16 bits per heavy atom. The largest absolute Gasteiger partial charge is 0.377 e. The summed E-state index contributed by atoms with van der Waals surface area (Å²) in [5.74, 6) is 0.00319. The number of carbonyl (C=O) groups excluding carboxylic acids is 1. The number of nitrogens with zero attached hydrogens (tertiary/aromatic N) is 1. The van der Waals surface area contributed by atoms with Crippen LogP contribution in [-0.4, -0.2) is 23.2 Å². The molecule has 1 unspecified atom stereocenters. The normalized spacial score (nSPS) is 11.9. The lowest BCUT2D eigenvalue weighted by molar-refractivity contribution is -0.119. The number of H-pyrrole nitrogens is 1. The van der Waals surface area contributed by atoms with E-state index < -0.39 is 0 Å². The number of likely N-dealkylation sites (N-methyl/N-ethyl adjacent to an activating group) is 1. The molecule has 0 saturated heterocycles. The molecule has 1 amide bonds. The molecule has 0 saturated carbocycles. The molecule has 0 spiro atoms. The third-order valence-electron chi connectivity index (χ3n) is 3.01. The molecule has 2 rings (SSSR count). The molecule has 2 aromatic rings. The molecule has 0 bridgehead atoms. The van der Waals surface area contributed by atoms with Gasteiger partial charge in [-0.15, -0.1) is 0 Å². The van der Waals surface area contributed by atoms with Crippen LogP contribution in [-0.2, 0) is 11.2 Å². The minimum Gasteiger partial charge on any atom is -0.377 e. The minimum atomic E-state index is 0.00319. The SMILES string of the molecule is CNC(=O)Cc1ccccc1NC(C)c1ccn[nH]1. The van der Waals surface area contributed by atoms with E-state index in [0.29, 0.717) is 6.42 Å². The zero-order valence-corrected chi connectivity index (χ0v) is 11.1. The first kappa shape index (κ1) is 13.1. The number of hydrogen-bond acceptors (Lipinski definition) is 3. The van der Waals surface area contributed by atoms with Gasteiger partial charge in [-0.2, -0.15) is 5.10 Å². The number of hydrogen-bond donors (Lipinski definition) is 3. The van der Waals surface area contributed by atoms with Crippen LogP contribution in [0.15, 0.2) is 36.5 Å². The van der Waals surface area contributed by atoms with Crippen molar-refractivity contribution in [2.45, 2.75) is 19.4 Å². The van der Waals surface area contributed by atoms with Crippen LogP contribution >= 0.6 is 0 Å². The summed E-state index contributed by atoms with van der Waals surface area (Å²) in [5.41, 5.74) is 2.95. The van der Waals surface area contributed by atoms with Gasteiger partial charge in [0.1, 0.15) is 0 Å². The summed E-state index contributed by atoms with van der Waals surface area (Å²) in [6.45, 7) is 2.05. The minimum absolute atomic E-state index is 0.00319. The third-order valence-corrected chi connectivity index (χ3v) is 3.01. The second-order valence-electron chi connectivity index (χ2n) is 4.39. The molecule has 1 heterocycles. The van der Waals surface area contributed by atoms with Crippen LogP contribution < -0.4 is 10.6 Å². The summed E-state index contributed by atoms with van der Waals surface area (Å²) in [5, 5.41) is 12.9. The molecule has 19 heavy (non-hydrogen) atoms. The summed E-state index contributed by atoms with van der Waals surface area (Å²) in [4.78, 5) is 11.5. The van der Waals surface area contributed by atoms with E-state index in [2.05, 4.69) is 20.8 Å². The van der Waals surface area contributed by atoms with Gasteiger partial charge in [-0.25, -0.2) is 0 Å². The van der Waals surface area contributed by atoms with Gasteiger partial charge >= 0.3 is 0 Å². The Kier molecular flexibility index (Phi) is 4.18. The molecule has 0 fully saturated rings. The topological polar surface area (TPSA) is 69.8 Å². The first-order valence-corrected chi connectivity index (χ1v) is 6.25. The van der Waals surface area contributed by atoms with Crippen LogP contribution in [0.4, 0.5) is 5.69 Å². The molecule has 1 aromatic carbocycles. The Hall–Kier alpha value is -2.30. The van der Waals surface area contributed by atoms with E-state index in [1.165, 1.54) is 0 Å².